The number of hydrogen-bond donors (Lipinski definition) is 1. The number of rotatable bonds is 3. The lowest BCUT2D eigenvalue weighted by molar-refractivity contribution is -0.115. The molecule has 3 aromatic rings. The van der Waals surface area contributed by atoms with E-state index >= 15 is 0 Å². The summed E-state index contributed by atoms with van der Waals surface area (Å²) in [7, 11) is 0. The first-order chi connectivity index (χ1) is 10.1. The summed E-state index contributed by atoms with van der Waals surface area (Å²) in [5.74, 6) is -0.492. The van der Waals surface area contributed by atoms with Crippen LogP contribution in [0.1, 0.15) is 11.1 Å². The van der Waals surface area contributed by atoms with E-state index in [2.05, 4.69) is 5.32 Å². The van der Waals surface area contributed by atoms with Crippen LogP contribution >= 0.6 is 0 Å². The SMILES string of the molecule is Cc1ccc2c(CC(=O)Nc3ccc(F)cc3)coc2c1. The molecule has 1 amide bonds. The monoisotopic (exact) mass is 283 g/mol. The molecule has 0 aliphatic rings. The molecule has 0 bridgehead atoms. The average molecular weight is 283 g/mol. The van der Waals surface area contributed by atoms with Crippen molar-refractivity contribution >= 4 is 22.6 Å². The molecule has 3 nitrogen and oxygen atoms in total. The van der Waals surface area contributed by atoms with Crippen molar-refractivity contribution in [3.8, 4) is 0 Å². The fourth-order valence-corrected chi connectivity index (χ4v) is 2.24. The van der Waals surface area contributed by atoms with Crippen LogP contribution in [-0.4, -0.2) is 5.91 Å². The molecule has 1 aromatic heterocycles. The minimum Gasteiger partial charge on any atom is -0.464 e. The third kappa shape index (κ3) is 2.94. The first-order valence-corrected chi connectivity index (χ1v) is 6.64. The van der Waals surface area contributed by atoms with Crippen molar-refractivity contribution in [1.82, 2.24) is 0 Å². The fourth-order valence-electron chi connectivity index (χ4n) is 2.24. The molecule has 3 rings (SSSR count). The Morgan fingerprint density at radius 2 is 1.95 bits per heavy atom. The highest BCUT2D eigenvalue weighted by atomic mass is 19.1. The molecule has 4 heteroatoms. The maximum absolute atomic E-state index is 12.8. The van der Waals surface area contributed by atoms with Crippen LogP contribution in [0.4, 0.5) is 10.1 Å². The smallest absolute Gasteiger partial charge is 0.228 e. The van der Waals surface area contributed by atoms with Gasteiger partial charge in [0, 0.05) is 16.6 Å². The van der Waals surface area contributed by atoms with Crippen LogP contribution in [0.2, 0.25) is 0 Å². The van der Waals surface area contributed by atoms with Gasteiger partial charge in [-0.1, -0.05) is 12.1 Å². The second-order valence-electron chi connectivity index (χ2n) is 4.99. The molecule has 21 heavy (non-hydrogen) atoms. The molecule has 0 spiro atoms. The standard InChI is InChI=1S/C17H14FNO2/c1-11-2-7-15-12(10-21-16(15)8-11)9-17(20)19-14-5-3-13(18)4-6-14/h2-8,10H,9H2,1H3,(H,19,20). The molecular weight excluding hydrogens is 269 g/mol. The minimum absolute atomic E-state index is 0.162. The van der Waals surface area contributed by atoms with Gasteiger partial charge in [0.1, 0.15) is 11.4 Å². The van der Waals surface area contributed by atoms with Gasteiger partial charge in [-0.15, -0.1) is 0 Å². The molecule has 0 atom stereocenters. The lowest BCUT2D eigenvalue weighted by Gasteiger charge is -2.04. The van der Waals surface area contributed by atoms with Gasteiger partial charge in [-0.25, -0.2) is 4.39 Å². The highest BCUT2D eigenvalue weighted by molar-refractivity contribution is 5.95. The van der Waals surface area contributed by atoms with Crippen molar-refractivity contribution in [1.29, 1.82) is 0 Å². The van der Waals surface area contributed by atoms with Crippen LogP contribution in [-0.2, 0) is 11.2 Å². The molecule has 1 N–H and O–H groups in total. The molecular formula is C17H14FNO2. The number of benzene rings is 2. The molecule has 0 unspecified atom stereocenters. The number of carbonyl (C=O) groups is 1. The summed E-state index contributed by atoms with van der Waals surface area (Å²) < 4.78 is 18.3. The Balaban J connectivity index is 1.75. The van der Waals surface area contributed by atoms with Crippen LogP contribution in [0.15, 0.2) is 53.1 Å². The third-order valence-electron chi connectivity index (χ3n) is 3.29. The summed E-state index contributed by atoms with van der Waals surface area (Å²) in [6.07, 6.45) is 1.82. The van der Waals surface area contributed by atoms with Gasteiger partial charge in [-0.2, -0.15) is 0 Å². The van der Waals surface area contributed by atoms with Crippen molar-refractivity contribution in [2.75, 3.05) is 5.32 Å². The van der Waals surface area contributed by atoms with Gasteiger partial charge in [0.15, 0.2) is 0 Å². The maximum atomic E-state index is 12.8. The molecule has 2 aromatic carbocycles. The number of anilines is 1. The van der Waals surface area contributed by atoms with E-state index in [1.165, 1.54) is 24.3 Å². The number of carbonyl (C=O) groups excluding carboxylic acids is 1. The molecule has 0 radical (unpaired) electrons. The Bertz CT molecular complexity index is 790. The second kappa shape index (κ2) is 5.40. The van der Waals surface area contributed by atoms with Gasteiger partial charge >= 0.3 is 0 Å². The molecule has 0 aliphatic heterocycles. The number of amides is 1. The number of furan rings is 1. The Kier molecular flexibility index (Phi) is 3.44. The summed E-state index contributed by atoms with van der Waals surface area (Å²) in [6.45, 7) is 1.99. The average Bonchev–Trinajstić information content (AvgIpc) is 2.83. The van der Waals surface area contributed by atoms with E-state index in [0.29, 0.717) is 5.69 Å². The normalized spacial score (nSPS) is 10.8. The topological polar surface area (TPSA) is 42.2 Å². The fraction of sp³-hybridized carbons (Fsp3) is 0.118. The van der Waals surface area contributed by atoms with E-state index < -0.39 is 0 Å². The van der Waals surface area contributed by atoms with E-state index in [-0.39, 0.29) is 18.1 Å². The summed E-state index contributed by atoms with van der Waals surface area (Å²) in [6, 6.07) is 11.6. The van der Waals surface area contributed by atoms with Crippen molar-refractivity contribution in [3.63, 3.8) is 0 Å². The van der Waals surface area contributed by atoms with Gasteiger partial charge in [-0.3, -0.25) is 4.79 Å². The Morgan fingerprint density at radius 3 is 2.71 bits per heavy atom. The Labute approximate surface area is 121 Å². The Hall–Kier alpha value is -2.62. The van der Waals surface area contributed by atoms with E-state index in [9.17, 15) is 9.18 Å². The summed E-state index contributed by atoms with van der Waals surface area (Å²) in [4.78, 5) is 12.0. The number of aryl methyl sites for hydroxylation is 1. The zero-order valence-corrected chi connectivity index (χ0v) is 11.5. The number of hydrogen-bond acceptors (Lipinski definition) is 2. The van der Waals surface area contributed by atoms with Crippen LogP contribution in [0.25, 0.3) is 11.0 Å². The van der Waals surface area contributed by atoms with E-state index in [4.69, 9.17) is 4.42 Å². The first kappa shape index (κ1) is 13.4. The largest absolute Gasteiger partial charge is 0.464 e. The highest BCUT2D eigenvalue weighted by Crippen LogP contribution is 2.23. The number of nitrogens with one attached hydrogen (secondary N) is 1. The Morgan fingerprint density at radius 1 is 1.19 bits per heavy atom. The summed E-state index contributed by atoms with van der Waals surface area (Å²) in [5.41, 5.74) is 3.30. The lowest BCUT2D eigenvalue weighted by Crippen LogP contribution is -2.14. The molecule has 0 saturated heterocycles. The number of halogens is 1. The zero-order chi connectivity index (χ0) is 14.8. The van der Waals surface area contributed by atoms with Crippen molar-refractivity contribution < 1.29 is 13.6 Å². The second-order valence-corrected chi connectivity index (χ2v) is 4.99. The quantitative estimate of drug-likeness (QED) is 0.787. The van der Waals surface area contributed by atoms with E-state index in [0.717, 1.165) is 22.1 Å². The summed E-state index contributed by atoms with van der Waals surface area (Å²) in [5, 5.41) is 3.68. The van der Waals surface area contributed by atoms with Gasteiger partial charge in [-0.05, 0) is 42.8 Å². The minimum atomic E-state index is -0.329. The predicted molar refractivity (Wildman–Crippen MR) is 79.7 cm³/mol. The molecule has 0 aliphatic carbocycles. The number of fused-ring (bicyclic) bond motifs is 1. The van der Waals surface area contributed by atoms with E-state index in [1.807, 2.05) is 25.1 Å². The lowest BCUT2D eigenvalue weighted by atomic mass is 10.1. The predicted octanol–water partition coefficient (Wildman–Crippen LogP) is 4.06. The molecule has 1 heterocycles. The molecule has 106 valence electrons. The summed E-state index contributed by atoms with van der Waals surface area (Å²) >= 11 is 0. The first-order valence-electron chi connectivity index (χ1n) is 6.64. The van der Waals surface area contributed by atoms with Crippen LogP contribution in [0, 0.1) is 12.7 Å². The van der Waals surface area contributed by atoms with Crippen LogP contribution in [0.3, 0.4) is 0 Å². The zero-order valence-electron chi connectivity index (χ0n) is 11.5. The third-order valence-corrected chi connectivity index (χ3v) is 3.29. The maximum Gasteiger partial charge on any atom is 0.228 e. The highest BCUT2D eigenvalue weighted by Gasteiger charge is 2.10. The van der Waals surface area contributed by atoms with Crippen molar-refractivity contribution in [2.45, 2.75) is 13.3 Å². The van der Waals surface area contributed by atoms with Crippen LogP contribution in [0.5, 0.6) is 0 Å². The van der Waals surface area contributed by atoms with Gasteiger partial charge in [0.05, 0.1) is 12.7 Å². The molecule has 0 fully saturated rings. The van der Waals surface area contributed by atoms with Gasteiger partial charge < -0.3 is 9.73 Å². The van der Waals surface area contributed by atoms with Gasteiger partial charge in [0.2, 0.25) is 5.91 Å². The van der Waals surface area contributed by atoms with Gasteiger partial charge in [0.25, 0.3) is 0 Å². The van der Waals surface area contributed by atoms with Crippen LogP contribution < -0.4 is 5.32 Å². The van der Waals surface area contributed by atoms with Crippen molar-refractivity contribution in [2.24, 2.45) is 0 Å². The molecule has 0 saturated carbocycles. The van der Waals surface area contributed by atoms with Crippen molar-refractivity contribution in [3.05, 3.63) is 65.7 Å². The van der Waals surface area contributed by atoms with E-state index in [1.54, 1.807) is 6.26 Å².